The lowest BCUT2D eigenvalue weighted by Gasteiger charge is -2.18. The fourth-order valence-electron chi connectivity index (χ4n) is 2.85. The lowest BCUT2D eigenvalue weighted by Crippen LogP contribution is -3.06. The van der Waals surface area contributed by atoms with E-state index >= 15 is 0 Å². The van der Waals surface area contributed by atoms with Crippen molar-refractivity contribution in [2.75, 3.05) is 13.1 Å². The SMILES string of the molecule is CC[NH+](CC)c1ccc(C=Nn2c(-c3ccccc3Cl)n[nH]c2=S)c([O-])c1. The Bertz CT molecular complexity index is 1020. The van der Waals surface area contributed by atoms with Crippen LogP contribution in [0.2, 0.25) is 5.02 Å². The van der Waals surface area contributed by atoms with E-state index in [1.54, 1.807) is 18.2 Å². The molecule has 0 bridgehead atoms. The minimum absolute atomic E-state index is 0.0787. The van der Waals surface area contributed by atoms with Gasteiger partial charge in [-0.15, -0.1) is 0 Å². The molecule has 0 spiro atoms. The Morgan fingerprint density at radius 1 is 1.26 bits per heavy atom. The number of nitrogens with zero attached hydrogens (tertiary/aromatic N) is 3. The van der Waals surface area contributed by atoms with Gasteiger partial charge in [0.25, 0.3) is 0 Å². The van der Waals surface area contributed by atoms with Crippen LogP contribution in [0, 0.1) is 4.77 Å². The number of benzene rings is 2. The molecule has 3 aromatic rings. The van der Waals surface area contributed by atoms with Crippen LogP contribution in [-0.4, -0.2) is 34.2 Å². The molecule has 0 fully saturated rings. The zero-order valence-electron chi connectivity index (χ0n) is 15.1. The van der Waals surface area contributed by atoms with Gasteiger partial charge in [0.1, 0.15) is 5.69 Å². The van der Waals surface area contributed by atoms with E-state index < -0.39 is 0 Å². The molecule has 0 aliphatic rings. The van der Waals surface area contributed by atoms with Gasteiger partial charge >= 0.3 is 0 Å². The molecule has 3 rings (SSSR count). The highest BCUT2D eigenvalue weighted by molar-refractivity contribution is 7.71. The summed E-state index contributed by atoms with van der Waals surface area (Å²) in [7, 11) is 0. The third kappa shape index (κ3) is 4.10. The number of nitrogens with one attached hydrogen (secondary N) is 2. The van der Waals surface area contributed by atoms with Crippen LogP contribution in [0.5, 0.6) is 5.75 Å². The first kappa shape index (κ1) is 19.3. The third-order valence-electron chi connectivity index (χ3n) is 4.35. The topological polar surface area (TPSA) is 73.5 Å². The number of aromatic nitrogens is 3. The molecule has 2 N–H and O–H groups in total. The molecule has 0 atom stereocenters. The predicted molar refractivity (Wildman–Crippen MR) is 108 cm³/mol. The Kier molecular flexibility index (Phi) is 6.05. The summed E-state index contributed by atoms with van der Waals surface area (Å²) in [6, 6.07) is 12.7. The highest BCUT2D eigenvalue weighted by Crippen LogP contribution is 2.26. The first-order valence-electron chi connectivity index (χ1n) is 8.68. The average molecular weight is 402 g/mol. The van der Waals surface area contributed by atoms with Crippen molar-refractivity contribution in [2.24, 2.45) is 5.10 Å². The van der Waals surface area contributed by atoms with Crippen LogP contribution in [0.15, 0.2) is 47.6 Å². The Labute approximate surface area is 167 Å². The van der Waals surface area contributed by atoms with Crippen molar-refractivity contribution in [2.45, 2.75) is 13.8 Å². The summed E-state index contributed by atoms with van der Waals surface area (Å²) < 4.78 is 1.78. The van der Waals surface area contributed by atoms with E-state index in [1.807, 2.05) is 24.3 Å². The summed E-state index contributed by atoms with van der Waals surface area (Å²) in [6.45, 7) is 6.04. The van der Waals surface area contributed by atoms with Gasteiger partial charge in [0, 0.05) is 5.56 Å². The first-order chi connectivity index (χ1) is 13.0. The number of halogens is 1. The zero-order valence-corrected chi connectivity index (χ0v) is 16.6. The van der Waals surface area contributed by atoms with Crippen molar-refractivity contribution in [1.82, 2.24) is 14.9 Å². The van der Waals surface area contributed by atoms with Gasteiger partial charge in [-0.05, 0) is 62.0 Å². The summed E-state index contributed by atoms with van der Waals surface area (Å²) in [5.41, 5.74) is 2.17. The predicted octanol–water partition coefficient (Wildman–Crippen LogP) is 2.77. The van der Waals surface area contributed by atoms with Gasteiger partial charge in [0.05, 0.1) is 24.3 Å². The van der Waals surface area contributed by atoms with Gasteiger partial charge in [-0.2, -0.15) is 14.9 Å². The molecule has 0 aliphatic heterocycles. The van der Waals surface area contributed by atoms with E-state index in [0.717, 1.165) is 18.8 Å². The summed E-state index contributed by atoms with van der Waals surface area (Å²) in [6.07, 6.45) is 1.50. The van der Waals surface area contributed by atoms with Crippen LogP contribution in [0.25, 0.3) is 11.4 Å². The second-order valence-corrected chi connectivity index (χ2v) is 6.75. The Balaban J connectivity index is 1.95. The standard InChI is InChI=1S/C19H20ClN5OS/c1-3-24(4-2)14-10-9-13(17(26)11-14)12-21-25-18(22-23-19(25)27)15-7-5-6-8-16(15)20/h5-12,26H,3-4H2,1-2H3,(H,23,27). The van der Waals surface area contributed by atoms with Crippen molar-refractivity contribution in [1.29, 1.82) is 0 Å². The molecule has 1 heterocycles. The smallest absolute Gasteiger partial charge is 0.216 e. The molecular weight excluding hydrogens is 382 g/mol. The number of hydrogen-bond acceptors (Lipinski definition) is 4. The fraction of sp³-hybridized carbons (Fsp3) is 0.211. The maximum Gasteiger partial charge on any atom is 0.216 e. The van der Waals surface area contributed by atoms with E-state index in [-0.39, 0.29) is 5.75 Å². The van der Waals surface area contributed by atoms with E-state index in [2.05, 4.69) is 29.1 Å². The second kappa shape index (κ2) is 8.47. The van der Waals surface area contributed by atoms with Crippen LogP contribution in [0.4, 0.5) is 5.69 Å². The molecule has 1 aromatic heterocycles. The van der Waals surface area contributed by atoms with E-state index in [0.29, 0.717) is 26.7 Å². The molecule has 27 heavy (non-hydrogen) atoms. The van der Waals surface area contributed by atoms with Crippen LogP contribution in [-0.2, 0) is 0 Å². The largest absolute Gasteiger partial charge is 0.872 e. The van der Waals surface area contributed by atoms with Gasteiger partial charge < -0.3 is 10.0 Å². The lowest BCUT2D eigenvalue weighted by atomic mass is 10.2. The molecule has 0 saturated heterocycles. The van der Waals surface area contributed by atoms with Crippen molar-refractivity contribution < 1.29 is 10.0 Å². The minimum Gasteiger partial charge on any atom is -0.872 e. The van der Waals surface area contributed by atoms with Crippen molar-refractivity contribution in [3.63, 3.8) is 0 Å². The van der Waals surface area contributed by atoms with Crippen LogP contribution < -0.4 is 10.0 Å². The van der Waals surface area contributed by atoms with Crippen LogP contribution in [0.3, 0.4) is 0 Å². The molecular formula is C19H20ClN5OS. The molecule has 0 radical (unpaired) electrons. The van der Waals surface area contributed by atoms with Crippen molar-refractivity contribution in [3.8, 4) is 17.1 Å². The second-order valence-electron chi connectivity index (χ2n) is 5.95. The molecule has 0 unspecified atom stereocenters. The fourth-order valence-corrected chi connectivity index (χ4v) is 3.25. The molecule has 0 aliphatic carbocycles. The summed E-state index contributed by atoms with van der Waals surface area (Å²) in [5, 5.41) is 24.3. The zero-order chi connectivity index (χ0) is 19.4. The third-order valence-corrected chi connectivity index (χ3v) is 4.95. The van der Waals surface area contributed by atoms with Crippen molar-refractivity contribution >= 4 is 35.7 Å². The number of H-pyrrole nitrogens is 1. The quantitative estimate of drug-likeness (QED) is 0.492. The molecule has 140 valence electrons. The van der Waals surface area contributed by atoms with Gasteiger partial charge in [-0.3, -0.25) is 0 Å². The first-order valence-corrected chi connectivity index (χ1v) is 9.46. The number of aromatic amines is 1. The molecule has 8 heteroatoms. The number of quaternary nitrogens is 1. The average Bonchev–Trinajstić information content (AvgIpc) is 3.03. The number of hydrogen-bond donors (Lipinski definition) is 2. The van der Waals surface area contributed by atoms with E-state index in [4.69, 9.17) is 23.8 Å². The van der Waals surface area contributed by atoms with Crippen molar-refractivity contribution in [3.05, 3.63) is 57.8 Å². The van der Waals surface area contributed by atoms with Gasteiger partial charge in [-0.1, -0.05) is 29.5 Å². The summed E-state index contributed by atoms with van der Waals surface area (Å²) in [5.74, 6) is 0.406. The lowest BCUT2D eigenvalue weighted by molar-refractivity contribution is -0.828. The van der Waals surface area contributed by atoms with Gasteiger partial charge in [-0.25, -0.2) is 5.10 Å². The highest BCUT2D eigenvalue weighted by atomic mass is 35.5. The number of rotatable bonds is 6. The molecule has 6 nitrogen and oxygen atoms in total. The maximum absolute atomic E-state index is 12.4. The Morgan fingerprint density at radius 3 is 2.67 bits per heavy atom. The van der Waals surface area contributed by atoms with E-state index in [9.17, 15) is 5.11 Å². The van der Waals surface area contributed by atoms with Gasteiger partial charge in [0.15, 0.2) is 5.82 Å². The minimum atomic E-state index is -0.0787. The summed E-state index contributed by atoms with van der Waals surface area (Å²) in [4.78, 5) is 1.26. The molecule has 0 saturated carbocycles. The Hall–Kier alpha value is -2.48. The van der Waals surface area contributed by atoms with Crippen LogP contribution in [0.1, 0.15) is 19.4 Å². The Morgan fingerprint density at radius 2 is 2.00 bits per heavy atom. The van der Waals surface area contributed by atoms with Gasteiger partial charge in [0.2, 0.25) is 4.77 Å². The normalized spacial score (nSPS) is 11.6. The monoisotopic (exact) mass is 401 g/mol. The van der Waals surface area contributed by atoms with Crippen LogP contribution >= 0.6 is 23.8 Å². The van der Waals surface area contributed by atoms with E-state index in [1.165, 1.54) is 15.8 Å². The molecule has 0 amide bonds. The maximum atomic E-state index is 12.4. The summed E-state index contributed by atoms with van der Waals surface area (Å²) >= 11 is 11.5. The highest BCUT2D eigenvalue weighted by Gasteiger charge is 2.11. The molecule has 2 aromatic carbocycles.